The molecule has 36 heavy (non-hydrogen) atoms. The molecule has 0 aromatic heterocycles. The third kappa shape index (κ3) is 6.37. The van der Waals surface area contributed by atoms with Crippen molar-refractivity contribution < 1.29 is 28.2 Å². The molecule has 0 unspecified atom stereocenters. The van der Waals surface area contributed by atoms with Crippen molar-refractivity contribution in [3.8, 4) is 0 Å². The number of carbonyl (C=O) groups is 3. The zero-order valence-corrected chi connectivity index (χ0v) is 20.8. The lowest BCUT2D eigenvalue weighted by atomic mass is 9.99. The van der Waals surface area contributed by atoms with Crippen LogP contribution in [-0.2, 0) is 14.3 Å². The summed E-state index contributed by atoms with van der Waals surface area (Å²) in [6.45, 7) is 4.62. The molecule has 8 heteroatoms. The molecule has 0 saturated carbocycles. The number of aryl methyl sites for hydroxylation is 2. The molecule has 0 atom stereocenters. The summed E-state index contributed by atoms with van der Waals surface area (Å²) in [7, 11) is 0. The van der Waals surface area contributed by atoms with E-state index in [4.69, 9.17) is 21.1 Å². The van der Waals surface area contributed by atoms with E-state index in [0.717, 1.165) is 5.56 Å². The van der Waals surface area contributed by atoms with Gasteiger partial charge in [-0.25, -0.2) is 14.1 Å². The predicted molar refractivity (Wildman–Crippen MR) is 136 cm³/mol. The molecule has 3 aromatic rings. The molecule has 0 saturated heterocycles. The average molecular weight is 510 g/mol. The molecule has 0 heterocycles. The largest absolute Gasteiger partial charge is 0.428 e. The van der Waals surface area contributed by atoms with Gasteiger partial charge in [-0.05, 0) is 68.3 Å². The number of benzene rings is 3. The van der Waals surface area contributed by atoms with Gasteiger partial charge in [0.15, 0.2) is 5.78 Å². The summed E-state index contributed by atoms with van der Waals surface area (Å²) in [5.41, 5.74) is 2.64. The van der Waals surface area contributed by atoms with Gasteiger partial charge in [0.25, 0.3) is 0 Å². The van der Waals surface area contributed by atoms with Crippen LogP contribution in [0.1, 0.15) is 40.4 Å². The number of amides is 1. The Kier molecular flexibility index (Phi) is 8.97. The van der Waals surface area contributed by atoms with E-state index in [-0.39, 0.29) is 28.5 Å². The predicted octanol–water partition coefficient (Wildman–Crippen LogP) is 7.07. The Bertz CT molecular complexity index is 1320. The van der Waals surface area contributed by atoms with Gasteiger partial charge in [-0.2, -0.15) is 0 Å². The lowest BCUT2D eigenvalue weighted by Crippen LogP contribution is -2.29. The van der Waals surface area contributed by atoms with E-state index < -0.39 is 24.7 Å². The molecule has 0 N–H and O–H groups in total. The highest BCUT2D eigenvalue weighted by Gasteiger charge is 2.24. The van der Waals surface area contributed by atoms with Crippen LogP contribution >= 0.6 is 11.6 Å². The first-order valence-electron chi connectivity index (χ1n) is 11.1. The number of hydrogen-bond acceptors (Lipinski definition) is 5. The molecule has 6 nitrogen and oxygen atoms in total. The minimum absolute atomic E-state index is 0.0425. The second kappa shape index (κ2) is 12.1. The van der Waals surface area contributed by atoms with E-state index in [0.29, 0.717) is 16.8 Å². The number of ether oxygens (including phenoxy) is 2. The van der Waals surface area contributed by atoms with Crippen molar-refractivity contribution in [2.24, 2.45) is 0 Å². The van der Waals surface area contributed by atoms with Gasteiger partial charge < -0.3 is 9.47 Å². The third-order valence-electron chi connectivity index (χ3n) is 5.35. The molecule has 186 valence electrons. The summed E-state index contributed by atoms with van der Waals surface area (Å²) in [5, 5.41) is 0.121. The molecule has 3 aromatic carbocycles. The standard InChI is InChI=1S/C28H25ClFNO5/c1-4-5-10-26(32)35-17-36-28(34)31(25-14-11-20(30)15-19(25)3)21-12-13-23(24(29)16-21)27(33)22-9-7-6-8-18(22)2/h4-9,11-16H,10,17H2,1-3H3/b5-4+. The summed E-state index contributed by atoms with van der Waals surface area (Å²) < 4.78 is 23.8. The Balaban J connectivity index is 1.92. The Hall–Kier alpha value is -3.97. The zero-order valence-electron chi connectivity index (χ0n) is 20.1. The molecule has 1 amide bonds. The number of halogens is 2. The summed E-state index contributed by atoms with van der Waals surface area (Å²) in [5.74, 6) is -1.29. The van der Waals surface area contributed by atoms with Gasteiger partial charge in [-0.1, -0.05) is 48.0 Å². The van der Waals surface area contributed by atoms with E-state index >= 15 is 0 Å². The maximum atomic E-state index is 13.8. The highest BCUT2D eigenvalue weighted by molar-refractivity contribution is 6.35. The Morgan fingerprint density at radius 3 is 2.36 bits per heavy atom. The molecule has 3 rings (SSSR count). The first kappa shape index (κ1) is 26.6. The molecular weight excluding hydrogens is 485 g/mol. The van der Waals surface area contributed by atoms with Crippen LogP contribution in [-0.4, -0.2) is 24.6 Å². The number of rotatable bonds is 8. The van der Waals surface area contributed by atoms with E-state index in [1.807, 2.05) is 19.1 Å². The lowest BCUT2D eigenvalue weighted by molar-refractivity contribution is -0.150. The van der Waals surface area contributed by atoms with Crippen LogP contribution in [0.4, 0.5) is 20.6 Å². The molecule has 0 aliphatic heterocycles. The maximum absolute atomic E-state index is 13.8. The molecule has 0 spiro atoms. The normalized spacial score (nSPS) is 10.8. The fourth-order valence-electron chi connectivity index (χ4n) is 3.50. The smallest absolute Gasteiger partial charge is 0.421 e. The number of ketones is 1. The SMILES string of the molecule is C/C=C/CC(=O)OCOC(=O)N(c1ccc(C(=O)c2ccccc2C)c(Cl)c1)c1ccc(F)cc1C. The van der Waals surface area contributed by atoms with E-state index in [1.165, 1.54) is 35.2 Å². The Morgan fingerprint density at radius 2 is 1.69 bits per heavy atom. The van der Waals surface area contributed by atoms with Crippen molar-refractivity contribution in [3.05, 3.63) is 106 Å². The van der Waals surface area contributed by atoms with Crippen molar-refractivity contribution in [3.63, 3.8) is 0 Å². The molecular formula is C28H25ClFNO5. The number of allylic oxidation sites excluding steroid dienone is 1. The Morgan fingerprint density at radius 1 is 0.944 bits per heavy atom. The van der Waals surface area contributed by atoms with E-state index in [9.17, 15) is 18.8 Å². The lowest BCUT2D eigenvalue weighted by Gasteiger charge is -2.24. The van der Waals surface area contributed by atoms with Gasteiger partial charge in [0.05, 0.1) is 22.8 Å². The van der Waals surface area contributed by atoms with Crippen LogP contribution in [0, 0.1) is 19.7 Å². The highest BCUT2D eigenvalue weighted by atomic mass is 35.5. The summed E-state index contributed by atoms with van der Waals surface area (Å²) in [6, 6.07) is 15.6. The minimum atomic E-state index is -0.877. The first-order valence-corrected chi connectivity index (χ1v) is 11.5. The summed E-state index contributed by atoms with van der Waals surface area (Å²) >= 11 is 6.49. The number of carbonyl (C=O) groups excluding carboxylic acids is 3. The van der Waals surface area contributed by atoms with Gasteiger partial charge in [0, 0.05) is 11.1 Å². The quantitative estimate of drug-likeness (QED) is 0.140. The van der Waals surface area contributed by atoms with Crippen LogP contribution in [0.2, 0.25) is 5.02 Å². The van der Waals surface area contributed by atoms with Crippen LogP contribution in [0.15, 0.2) is 72.8 Å². The Labute approximate surface area is 213 Å². The third-order valence-corrected chi connectivity index (χ3v) is 5.66. The van der Waals surface area contributed by atoms with E-state index in [2.05, 4.69) is 0 Å². The van der Waals surface area contributed by atoms with Crippen LogP contribution in [0.25, 0.3) is 0 Å². The van der Waals surface area contributed by atoms with Crippen LogP contribution < -0.4 is 4.90 Å². The van der Waals surface area contributed by atoms with Gasteiger partial charge in [0.2, 0.25) is 6.79 Å². The van der Waals surface area contributed by atoms with Gasteiger partial charge >= 0.3 is 12.1 Å². The second-order valence-corrected chi connectivity index (χ2v) is 8.30. The van der Waals surface area contributed by atoms with Crippen molar-refractivity contribution in [2.45, 2.75) is 27.2 Å². The minimum Gasteiger partial charge on any atom is -0.428 e. The summed E-state index contributed by atoms with van der Waals surface area (Å²) in [4.78, 5) is 39.0. The second-order valence-electron chi connectivity index (χ2n) is 7.89. The highest BCUT2D eigenvalue weighted by Crippen LogP contribution is 2.33. The van der Waals surface area contributed by atoms with Crippen molar-refractivity contribution >= 4 is 40.8 Å². The van der Waals surface area contributed by atoms with Crippen LogP contribution in [0.3, 0.4) is 0 Å². The number of nitrogens with zero attached hydrogens (tertiary/aromatic N) is 1. The molecule has 0 aliphatic carbocycles. The average Bonchev–Trinajstić information content (AvgIpc) is 2.84. The van der Waals surface area contributed by atoms with Gasteiger partial charge in [0.1, 0.15) is 5.82 Å². The zero-order chi connectivity index (χ0) is 26.2. The molecule has 0 radical (unpaired) electrons. The first-order chi connectivity index (χ1) is 17.2. The number of anilines is 2. The number of esters is 1. The van der Waals surface area contributed by atoms with Crippen LogP contribution in [0.5, 0.6) is 0 Å². The fourth-order valence-corrected chi connectivity index (χ4v) is 3.76. The topological polar surface area (TPSA) is 72.9 Å². The van der Waals surface area contributed by atoms with E-state index in [1.54, 1.807) is 44.2 Å². The molecule has 0 fully saturated rings. The fraction of sp³-hybridized carbons (Fsp3) is 0.179. The summed E-state index contributed by atoms with van der Waals surface area (Å²) in [6.07, 6.45) is 2.47. The van der Waals surface area contributed by atoms with Gasteiger partial charge in [-0.15, -0.1) is 0 Å². The van der Waals surface area contributed by atoms with Crippen molar-refractivity contribution in [1.82, 2.24) is 0 Å². The van der Waals surface area contributed by atoms with Crippen molar-refractivity contribution in [1.29, 1.82) is 0 Å². The number of hydrogen-bond donors (Lipinski definition) is 0. The monoisotopic (exact) mass is 509 g/mol. The maximum Gasteiger partial charge on any atom is 0.421 e. The van der Waals surface area contributed by atoms with Crippen molar-refractivity contribution in [2.75, 3.05) is 11.7 Å². The molecule has 0 bridgehead atoms. The molecule has 0 aliphatic rings. The van der Waals surface area contributed by atoms with Gasteiger partial charge in [-0.3, -0.25) is 9.59 Å².